The molecule has 35 heavy (non-hydrogen) atoms. The molecule has 2 aliphatic rings. The van der Waals surface area contributed by atoms with Gasteiger partial charge in [0.1, 0.15) is 24.7 Å². The maximum atomic E-state index is 13.2. The summed E-state index contributed by atoms with van der Waals surface area (Å²) in [6, 6.07) is 11.5. The predicted octanol–water partition coefficient (Wildman–Crippen LogP) is 4.09. The summed E-state index contributed by atoms with van der Waals surface area (Å²) in [5, 5.41) is 11.3. The van der Waals surface area contributed by atoms with E-state index >= 15 is 0 Å². The molecule has 186 valence electrons. The maximum absolute atomic E-state index is 13.2. The van der Waals surface area contributed by atoms with Crippen molar-refractivity contribution in [1.82, 2.24) is 4.90 Å². The molecule has 1 N–H and O–H groups in total. The molecule has 0 saturated carbocycles. The van der Waals surface area contributed by atoms with E-state index in [2.05, 4.69) is 6.92 Å². The third-order valence-electron chi connectivity index (χ3n) is 6.08. The van der Waals surface area contributed by atoms with E-state index < -0.39 is 17.7 Å². The Kier molecular flexibility index (Phi) is 7.92. The fraction of sp³-hybridized carbons (Fsp3) is 0.407. The molecule has 0 aliphatic carbocycles. The van der Waals surface area contributed by atoms with Crippen molar-refractivity contribution in [3.63, 3.8) is 0 Å². The molecule has 2 aliphatic heterocycles. The van der Waals surface area contributed by atoms with Crippen molar-refractivity contribution < 1.29 is 33.6 Å². The monoisotopic (exact) mass is 481 g/mol. The van der Waals surface area contributed by atoms with Crippen molar-refractivity contribution in [3.8, 4) is 17.2 Å². The summed E-state index contributed by atoms with van der Waals surface area (Å²) in [7, 11) is 1.53. The van der Waals surface area contributed by atoms with Gasteiger partial charge in [0.05, 0.1) is 24.8 Å². The molecule has 1 atom stereocenters. The first-order valence-electron chi connectivity index (χ1n) is 11.9. The van der Waals surface area contributed by atoms with Gasteiger partial charge in [-0.15, -0.1) is 0 Å². The summed E-state index contributed by atoms with van der Waals surface area (Å²) >= 11 is 0. The zero-order valence-corrected chi connectivity index (χ0v) is 20.1. The van der Waals surface area contributed by atoms with Crippen LogP contribution in [0.15, 0.2) is 48.0 Å². The van der Waals surface area contributed by atoms with E-state index in [-0.39, 0.29) is 24.5 Å². The van der Waals surface area contributed by atoms with E-state index in [1.165, 1.54) is 12.0 Å². The number of carbonyl (C=O) groups is 2. The third-order valence-corrected chi connectivity index (χ3v) is 6.08. The maximum Gasteiger partial charge on any atom is 0.295 e. The van der Waals surface area contributed by atoms with Gasteiger partial charge in [-0.25, -0.2) is 0 Å². The Morgan fingerprint density at radius 2 is 1.86 bits per heavy atom. The molecule has 2 aromatic carbocycles. The van der Waals surface area contributed by atoms with Gasteiger partial charge in [-0.3, -0.25) is 9.59 Å². The lowest BCUT2D eigenvalue weighted by atomic mass is 9.95. The Morgan fingerprint density at radius 1 is 1.06 bits per heavy atom. The van der Waals surface area contributed by atoms with E-state index in [9.17, 15) is 14.7 Å². The minimum atomic E-state index is -0.780. The first-order valence-corrected chi connectivity index (χ1v) is 11.9. The summed E-state index contributed by atoms with van der Waals surface area (Å²) < 4.78 is 22.3. The number of aliphatic hydroxyl groups is 1. The molecule has 0 spiro atoms. The number of ketones is 1. The predicted molar refractivity (Wildman–Crippen MR) is 130 cm³/mol. The highest BCUT2D eigenvalue weighted by Crippen LogP contribution is 2.41. The topological polar surface area (TPSA) is 94.5 Å². The highest BCUT2D eigenvalue weighted by Gasteiger charge is 2.46. The summed E-state index contributed by atoms with van der Waals surface area (Å²) in [6.07, 6.45) is 3.11. The molecule has 0 radical (unpaired) electrons. The number of nitrogens with zero attached hydrogens (tertiary/aromatic N) is 1. The van der Waals surface area contributed by atoms with Crippen LogP contribution >= 0.6 is 0 Å². The van der Waals surface area contributed by atoms with Gasteiger partial charge in [0.15, 0.2) is 11.5 Å². The van der Waals surface area contributed by atoms with E-state index in [4.69, 9.17) is 18.9 Å². The molecular formula is C27H31NO7. The van der Waals surface area contributed by atoms with Gasteiger partial charge in [0.25, 0.3) is 11.7 Å². The number of carbonyl (C=O) groups excluding carboxylic acids is 2. The van der Waals surface area contributed by atoms with Crippen LogP contribution < -0.4 is 14.2 Å². The number of likely N-dealkylation sites (tertiary alicyclic amines) is 1. The first-order chi connectivity index (χ1) is 17.0. The van der Waals surface area contributed by atoms with Gasteiger partial charge < -0.3 is 29.0 Å². The summed E-state index contributed by atoms with van der Waals surface area (Å²) in [6.45, 7) is 4.00. The standard InChI is InChI=1S/C27H31NO7/c1-3-4-5-12-33-20-8-6-7-18(16-20)24-23(26(30)27(31)28(24)11-13-32-2)25(29)19-9-10-21-22(17-19)35-15-14-34-21/h6-10,16-17,24,29H,3-5,11-15H2,1-2H3/t24-/m0/s1. The molecular weight excluding hydrogens is 450 g/mol. The van der Waals surface area contributed by atoms with Crippen molar-refractivity contribution >= 4 is 17.4 Å². The van der Waals surface area contributed by atoms with Crippen LogP contribution in [-0.2, 0) is 14.3 Å². The molecule has 1 fully saturated rings. The largest absolute Gasteiger partial charge is 0.507 e. The van der Waals surface area contributed by atoms with Gasteiger partial charge in [-0.1, -0.05) is 31.9 Å². The molecule has 0 unspecified atom stereocenters. The van der Waals surface area contributed by atoms with Crippen LogP contribution in [0.5, 0.6) is 17.2 Å². The Balaban J connectivity index is 1.73. The molecule has 2 aromatic rings. The van der Waals surface area contributed by atoms with Gasteiger partial charge >= 0.3 is 0 Å². The van der Waals surface area contributed by atoms with E-state index in [1.807, 2.05) is 24.3 Å². The summed E-state index contributed by atoms with van der Waals surface area (Å²) in [4.78, 5) is 27.6. The molecule has 2 heterocycles. The smallest absolute Gasteiger partial charge is 0.295 e. The number of fused-ring (bicyclic) bond motifs is 1. The number of rotatable bonds is 10. The molecule has 4 rings (SSSR count). The fourth-order valence-corrected chi connectivity index (χ4v) is 4.31. The lowest BCUT2D eigenvalue weighted by Crippen LogP contribution is -2.32. The van der Waals surface area contributed by atoms with Crippen LogP contribution in [-0.4, -0.2) is 61.8 Å². The lowest BCUT2D eigenvalue weighted by molar-refractivity contribution is -0.140. The SMILES string of the molecule is CCCCCOc1cccc([C@H]2C(=C(O)c3ccc4c(c3)OCCO4)C(=O)C(=O)N2CCOC)c1. The lowest BCUT2D eigenvalue weighted by Gasteiger charge is -2.25. The summed E-state index contributed by atoms with van der Waals surface area (Å²) in [5.41, 5.74) is 1.06. The number of benzene rings is 2. The zero-order valence-electron chi connectivity index (χ0n) is 20.1. The number of hydrogen-bond donors (Lipinski definition) is 1. The second-order valence-electron chi connectivity index (χ2n) is 8.47. The van der Waals surface area contributed by atoms with Crippen LogP contribution in [0.1, 0.15) is 43.4 Å². The molecule has 8 heteroatoms. The second kappa shape index (κ2) is 11.3. The highest BCUT2D eigenvalue weighted by atomic mass is 16.6. The van der Waals surface area contributed by atoms with Crippen LogP contribution in [0.3, 0.4) is 0 Å². The third kappa shape index (κ3) is 5.27. The quantitative estimate of drug-likeness (QED) is 0.236. The number of methoxy groups -OCH3 is 1. The number of ether oxygens (including phenoxy) is 4. The number of aliphatic hydroxyl groups excluding tert-OH is 1. The average molecular weight is 482 g/mol. The van der Waals surface area contributed by atoms with Gasteiger partial charge in [-0.05, 0) is 42.3 Å². The zero-order chi connectivity index (χ0) is 24.8. The van der Waals surface area contributed by atoms with Crippen LogP contribution in [0.2, 0.25) is 0 Å². The second-order valence-corrected chi connectivity index (χ2v) is 8.47. The highest BCUT2D eigenvalue weighted by molar-refractivity contribution is 6.46. The Hall–Kier alpha value is -3.52. The van der Waals surface area contributed by atoms with Crippen molar-refractivity contribution in [2.45, 2.75) is 32.2 Å². The van der Waals surface area contributed by atoms with Crippen molar-refractivity contribution in [2.24, 2.45) is 0 Å². The van der Waals surface area contributed by atoms with Crippen molar-refractivity contribution in [3.05, 3.63) is 59.2 Å². The molecule has 8 nitrogen and oxygen atoms in total. The average Bonchev–Trinajstić information content (AvgIpc) is 3.14. The van der Waals surface area contributed by atoms with Gasteiger partial charge in [0, 0.05) is 19.2 Å². The molecule has 0 bridgehead atoms. The van der Waals surface area contributed by atoms with Crippen molar-refractivity contribution in [1.29, 1.82) is 0 Å². The summed E-state index contributed by atoms with van der Waals surface area (Å²) in [5.74, 6) is 0.00805. The normalized spacial score (nSPS) is 18.7. The Morgan fingerprint density at radius 3 is 2.63 bits per heavy atom. The molecule has 1 saturated heterocycles. The minimum absolute atomic E-state index is 0.0194. The fourth-order valence-electron chi connectivity index (χ4n) is 4.31. The Labute approximate surface area is 205 Å². The Bertz CT molecular complexity index is 1110. The number of hydrogen-bond acceptors (Lipinski definition) is 7. The number of unbranched alkanes of at least 4 members (excludes halogenated alkanes) is 2. The minimum Gasteiger partial charge on any atom is -0.507 e. The van der Waals surface area contributed by atoms with E-state index in [1.54, 1.807) is 18.2 Å². The van der Waals surface area contributed by atoms with Crippen LogP contribution in [0.25, 0.3) is 5.76 Å². The van der Waals surface area contributed by atoms with E-state index in [0.717, 1.165) is 19.3 Å². The van der Waals surface area contributed by atoms with Gasteiger partial charge in [-0.2, -0.15) is 0 Å². The molecule has 0 aromatic heterocycles. The molecule has 1 amide bonds. The number of Topliss-reactive ketones (excluding diaryl/α,β-unsaturated/α-hetero) is 1. The first kappa shape index (κ1) is 24.6. The van der Waals surface area contributed by atoms with Gasteiger partial charge in [0.2, 0.25) is 0 Å². The van der Waals surface area contributed by atoms with Crippen molar-refractivity contribution in [2.75, 3.05) is 40.1 Å². The van der Waals surface area contributed by atoms with E-state index in [0.29, 0.717) is 48.2 Å². The number of amides is 1. The van der Waals surface area contributed by atoms with Crippen LogP contribution in [0, 0.1) is 0 Å². The van der Waals surface area contributed by atoms with Crippen LogP contribution in [0.4, 0.5) is 0 Å².